The smallest absolute Gasteiger partial charge is 0.338 e. The third-order valence-electron chi connectivity index (χ3n) is 5.15. The average Bonchev–Trinajstić information content (AvgIpc) is 2.72. The zero-order valence-electron chi connectivity index (χ0n) is 17.3. The number of nitrogens with one attached hydrogen (secondary N) is 1. The van der Waals surface area contributed by atoms with Gasteiger partial charge in [0.1, 0.15) is 5.82 Å². The van der Waals surface area contributed by atoms with Crippen LogP contribution in [0.1, 0.15) is 28.8 Å². The number of amides is 1. The van der Waals surface area contributed by atoms with Crippen molar-refractivity contribution in [1.29, 1.82) is 0 Å². The first kappa shape index (κ1) is 25.1. The number of halogens is 4. The summed E-state index contributed by atoms with van der Waals surface area (Å²) in [5.74, 6) is -1.50. The Bertz CT molecular complexity index is 1270. The van der Waals surface area contributed by atoms with Crippen LogP contribution < -0.4 is 4.72 Å². The number of nitrogens with zero attached hydrogens (tertiary/aromatic N) is 1. The molecule has 0 aromatic heterocycles. The maximum atomic E-state index is 13.7. The van der Waals surface area contributed by atoms with Crippen molar-refractivity contribution in [2.75, 3.05) is 19.3 Å². The molecule has 1 aliphatic heterocycles. The van der Waals surface area contributed by atoms with E-state index in [4.69, 9.17) is 0 Å². The van der Waals surface area contributed by atoms with Gasteiger partial charge in [-0.05, 0) is 49.2 Å². The number of likely N-dealkylation sites (tertiary alicyclic amines) is 1. The molecule has 1 fully saturated rings. The van der Waals surface area contributed by atoms with Crippen molar-refractivity contribution in [2.45, 2.75) is 34.9 Å². The molecular formula is C20H20F4N2O5S2. The number of piperidine rings is 1. The minimum atomic E-state index is -4.70. The summed E-state index contributed by atoms with van der Waals surface area (Å²) in [6.07, 6.45) is -3.54. The van der Waals surface area contributed by atoms with Crippen LogP contribution in [0.5, 0.6) is 0 Å². The Morgan fingerprint density at radius 2 is 1.67 bits per heavy atom. The summed E-state index contributed by atoms with van der Waals surface area (Å²) in [6.45, 7) is 0.0721. The highest BCUT2D eigenvalue weighted by Crippen LogP contribution is 2.30. The maximum absolute atomic E-state index is 13.7. The lowest BCUT2D eigenvalue weighted by Gasteiger charge is -2.32. The van der Waals surface area contributed by atoms with E-state index in [-0.39, 0.29) is 36.4 Å². The highest BCUT2D eigenvalue weighted by atomic mass is 32.2. The fourth-order valence-electron chi connectivity index (χ4n) is 3.49. The number of rotatable bonds is 5. The number of alkyl halides is 3. The Balaban J connectivity index is 1.71. The van der Waals surface area contributed by atoms with Crippen molar-refractivity contribution >= 4 is 25.8 Å². The quantitative estimate of drug-likeness (QED) is 0.495. The van der Waals surface area contributed by atoms with Crippen LogP contribution in [0.2, 0.25) is 0 Å². The molecule has 0 spiro atoms. The molecule has 1 aliphatic rings. The standard InChI is InChI=1S/C20H20F4N2O5S2/c1-32(28,29)18-6-5-14(21)12-17(18)19(27)26-9-7-15(8-10-26)25-33(30,31)16-4-2-3-13(11-16)20(22,23)24/h2-6,11-12,15,25H,7-10H2,1H3. The molecule has 1 amide bonds. The summed E-state index contributed by atoms with van der Waals surface area (Å²) < 4.78 is 104. The van der Waals surface area contributed by atoms with Crippen molar-refractivity contribution in [3.8, 4) is 0 Å². The van der Waals surface area contributed by atoms with Crippen molar-refractivity contribution in [3.63, 3.8) is 0 Å². The summed E-state index contributed by atoms with van der Waals surface area (Å²) in [4.78, 5) is 13.2. The maximum Gasteiger partial charge on any atom is 0.416 e. The van der Waals surface area contributed by atoms with Gasteiger partial charge in [0.15, 0.2) is 9.84 Å². The predicted octanol–water partition coefficient (Wildman–Crippen LogP) is 2.83. The number of hydrogen-bond donors (Lipinski definition) is 1. The van der Waals surface area contributed by atoms with Crippen LogP contribution in [0.4, 0.5) is 17.6 Å². The van der Waals surface area contributed by atoms with Crippen molar-refractivity contribution in [3.05, 3.63) is 59.4 Å². The van der Waals surface area contributed by atoms with Gasteiger partial charge in [-0.2, -0.15) is 13.2 Å². The molecule has 2 aromatic rings. The van der Waals surface area contributed by atoms with Gasteiger partial charge in [0, 0.05) is 25.4 Å². The largest absolute Gasteiger partial charge is 0.416 e. The van der Waals surface area contributed by atoms with Gasteiger partial charge in [-0.1, -0.05) is 6.07 Å². The van der Waals surface area contributed by atoms with Crippen LogP contribution >= 0.6 is 0 Å². The summed E-state index contributed by atoms with van der Waals surface area (Å²) in [7, 11) is -8.05. The summed E-state index contributed by atoms with van der Waals surface area (Å²) in [5.41, 5.74) is -1.41. The highest BCUT2D eigenvalue weighted by Gasteiger charge is 2.33. The van der Waals surface area contributed by atoms with Crippen molar-refractivity contribution < 1.29 is 39.2 Å². The van der Waals surface area contributed by atoms with Crippen molar-refractivity contribution in [2.24, 2.45) is 0 Å². The monoisotopic (exact) mass is 508 g/mol. The van der Waals surface area contributed by atoms with Crippen LogP contribution in [0, 0.1) is 5.82 Å². The molecule has 0 radical (unpaired) electrons. The lowest BCUT2D eigenvalue weighted by Crippen LogP contribution is -2.46. The summed E-state index contributed by atoms with van der Waals surface area (Å²) in [5, 5.41) is 0. The molecule has 2 aromatic carbocycles. The lowest BCUT2D eigenvalue weighted by molar-refractivity contribution is -0.137. The highest BCUT2D eigenvalue weighted by molar-refractivity contribution is 7.90. The first-order valence-electron chi connectivity index (χ1n) is 9.67. The zero-order valence-corrected chi connectivity index (χ0v) is 18.9. The lowest BCUT2D eigenvalue weighted by atomic mass is 10.0. The molecular weight excluding hydrogens is 488 g/mol. The van der Waals surface area contributed by atoms with E-state index >= 15 is 0 Å². The van der Waals surface area contributed by atoms with Crippen LogP contribution in [0.25, 0.3) is 0 Å². The molecule has 0 aliphatic carbocycles. The Labute approximate surface area is 188 Å². The van der Waals surface area contributed by atoms with Gasteiger partial charge < -0.3 is 4.90 Å². The molecule has 13 heteroatoms. The first-order valence-corrected chi connectivity index (χ1v) is 13.0. The Hall–Kier alpha value is -2.51. The van der Waals surface area contributed by atoms with Crippen LogP contribution in [-0.2, 0) is 26.0 Å². The van der Waals surface area contributed by atoms with E-state index in [2.05, 4.69) is 4.72 Å². The molecule has 0 atom stereocenters. The zero-order chi connectivity index (χ0) is 24.6. The number of carbonyl (C=O) groups excluding carboxylic acids is 1. The molecule has 1 heterocycles. The van der Waals surface area contributed by atoms with E-state index < -0.39 is 54.3 Å². The molecule has 1 N–H and O–H groups in total. The number of sulfone groups is 1. The van der Waals surface area contributed by atoms with Gasteiger partial charge >= 0.3 is 6.18 Å². The van der Waals surface area contributed by atoms with Crippen LogP contribution in [0.3, 0.4) is 0 Å². The van der Waals surface area contributed by atoms with Crippen LogP contribution in [0.15, 0.2) is 52.3 Å². The molecule has 180 valence electrons. The summed E-state index contributed by atoms with van der Waals surface area (Å²) in [6, 6.07) is 5.47. The van der Waals surface area contributed by atoms with Gasteiger partial charge in [0.25, 0.3) is 5.91 Å². The molecule has 0 saturated carbocycles. The molecule has 7 nitrogen and oxygen atoms in total. The number of carbonyl (C=O) groups is 1. The van der Waals surface area contributed by atoms with Gasteiger partial charge in [-0.15, -0.1) is 0 Å². The normalized spacial score (nSPS) is 16.1. The predicted molar refractivity (Wildman–Crippen MR) is 110 cm³/mol. The Kier molecular flexibility index (Phi) is 6.87. The minimum Gasteiger partial charge on any atom is -0.338 e. The third kappa shape index (κ3) is 5.89. The first-order chi connectivity index (χ1) is 15.2. The van der Waals surface area contributed by atoms with Gasteiger partial charge in [0.2, 0.25) is 10.0 Å². The van der Waals surface area contributed by atoms with E-state index in [1.165, 1.54) is 4.90 Å². The van der Waals surface area contributed by atoms with E-state index in [1.54, 1.807) is 0 Å². The van der Waals surface area contributed by atoms with Gasteiger partial charge in [0.05, 0.1) is 20.9 Å². The summed E-state index contributed by atoms with van der Waals surface area (Å²) >= 11 is 0. The second-order valence-corrected chi connectivity index (χ2v) is 11.3. The van der Waals surface area contributed by atoms with E-state index in [0.717, 1.165) is 42.7 Å². The van der Waals surface area contributed by atoms with Gasteiger partial charge in [-0.25, -0.2) is 25.9 Å². The second-order valence-electron chi connectivity index (χ2n) is 7.63. The molecule has 33 heavy (non-hydrogen) atoms. The van der Waals surface area contributed by atoms with E-state index in [9.17, 15) is 39.2 Å². The van der Waals surface area contributed by atoms with Gasteiger partial charge in [-0.3, -0.25) is 4.79 Å². The Morgan fingerprint density at radius 1 is 1.03 bits per heavy atom. The molecule has 0 bridgehead atoms. The number of benzene rings is 2. The average molecular weight is 509 g/mol. The van der Waals surface area contributed by atoms with Crippen LogP contribution in [-0.4, -0.2) is 53.0 Å². The molecule has 1 saturated heterocycles. The topological polar surface area (TPSA) is 101 Å². The van der Waals surface area contributed by atoms with E-state index in [0.29, 0.717) is 6.07 Å². The molecule has 3 rings (SSSR count). The van der Waals surface area contributed by atoms with E-state index in [1.807, 2.05) is 0 Å². The fourth-order valence-corrected chi connectivity index (χ4v) is 5.70. The SMILES string of the molecule is CS(=O)(=O)c1ccc(F)cc1C(=O)N1CCC(NS(=O)(=O)c2cccc(C(F)(F)F)c2)CC1. The fraction of sp³-hybridized carbons (Fsp3) is 0.350. The molecule has 0 unspecified atom stereocenters. The van der Waals surface area contributed by atoms with Crippen molar-refractivity contribution in [1.82, 2.24) is 9.62 Å². The third-order valence-corrected chi connectivity index (χ3v) is 7.82. The minimum absolute atomic E-state index is 0.0360. The Morgan fingerprint density at radius 3 is 2.24 bits per heavy atom. The second kappa shape index (κ2) is 9.03. The number of hydrogen-bond acceptors (Lipinski definition) is 5. The number of sulfonamides is 1.